The van der Waals surface area contributed by atoms with Crippen molar-refractivity contribution in [2.45, 2.75) is 20.3 Å². The lowest BCUT2D eigenvalue weighted by molar-refractivity contribution is -0.111. The Balaban J connectivity index is 2.08. The van der Waals surface area contributed by atoms with Crippen LogP contribution >= 0.6 is 0 Å². The van der Waals surface area contributed by atoms with Crippen LogP contribution in [0.5, 0.6) is 0 Å². The van der Waals surface area contributed by atoms with E-state index in [1.54, 1.807) is 31.3 Å². The number of benzene rings is 2. The molecule has 3 aromatic rings. The zero-order chi connectivity index (χ0) is 19.2. The summed E-state index contributed by atoms with van der Waals surface area (Å²) in [7, 11) is 0. The molecule has 3 rings (SSSR count). The van der Waals surface area contributed by atoms with Crippen molar-refractivity contribution in [3.8, 4) is 17.9 Å². The maximum Gasteiger partial charge on any atom is 0.300 e. The lowest BCUT2D eigenvalue weighted by atomic mass is 10.1. The molecular formula is C22H18N4O. The first kappa shape index (κ1) is 18.0. The van der Waals surface area contributed by atoms with Crippen molar-refractivity contribution >= 4 is 33.9 Å². The molecule has 0 radical (unpaired) electrons. The summed E-state index contributed by atoms with van der Waals surface area (Å²) >= 11 is 0. The summed E-state index contributed by atoms with van der Waals surface area (Å²) in [4.78, 5) is 16.1. The van der Waals surface area contributed by atoms with Crippen LogP contribution in [-0.4, -0.2) is 10.9 Å². The van der Waals surface area contributed by atoms with Crippen LogP contribution < -0.4 is 10.6 Å². The summed E-state index contributed by atoms with van der Waals surface area (Å²) in [6, 6.07) is 15.6. The molecule has 132 valence electrons. The summed E-state index contributed by atoms with van der Waals surface area (Å²) in [6.07, 6.45) is 2.47. The molecule has 5 nitrogen and oxygen atoms in total. The highest BCUT2D eigenvalue weighted by atomic mass is 16.1. The Hall–Kier alpha value is -3.83. The molecule has 0 aliphatic heterocycles. The van der Waals surface area contributed by atoms with E-state index in [9.17, 15) is 10.1 Å². The minimum atomic E-state index is -0.383. The van der Waals surface area contributed by atoms with Gasteiger partial charge in [0.1, 0.15) is 6.07 Å². The van der Waals surface area contributed by atoms with Gasteiger partial charge < -0.3 is 10.6 Å². The quantitative estimate of drug-likeness (QED) is 0.682. The Morgan fingerprint density at radius 3 is 2.78 bits per heavy atom. The van der Waals surface area contributed by atoms with Gasteiger partial charge in [-0.1, -0.05) is 25.0 Å². The van der Waals surface area contributed by atoms with Crippen LogP contribution in [0.2, 0.25) is 0 Å². The summed E-state index contributed by atoms with van der Waals surface area (Å²) in [5.41, 5.74) is 4.50. The lowest BCUT2D eigenvalue weighted by Gasteiger charge is -2.13. The molecule has 5 heteroatoms. The molecule has 2 N–H and O–H groups in total. The first-order valence-corrected chi connectivity index (χ1v) is 8.57. The van der Waals surface area contributed by atoms with Gasteiger partial charge in [0.2, 0.25) is 0 Å². The highest BCUT2D eigenvalue weighted by molar-refractivity contribution is 6.06. The number of pyridine rings is 1. The fraction of sp³-hybridized carbons (Fsp3) is 0.136. The van der Waals surface area contributed by atoms with Crippen LogP contribution in [0, 0.1) is 23.2 Å². The van der Waals surface area contributed by atoms with Gasteiger partial charge in [-0.3, -0.25) is 9.78 Å². The fourth-order valence-corrected chi connectivity index (χ4v) is 2.78. The van der Waals surface area contributed by atoms with Gasteiger partial charge in [-0.25, -0.2) is 0 Å². The molecule has 1 amide bonds. The number of aryl methyl sites for hydroxylation is 1. The maximum absolute atomic E-state index is 11.7. The molecule has 0 unspecified atom stereocenters. The van der Waals surface area contributed by atoms with E-state index in [1.807, 2.05) is 12.1 Å². The van der Waals surface area contributed by atoms with Crippen molar-refractivity contribution in [1.82, 2.24) is 4.98 Å². The first-order chi connectivity index (χ1) is 13.1. The molecule has 1 heterocycles. The van der Waals surface area contributed by atoms with Crippen molar-refractivity contribution in [2.24, 2.45) is 0 Å². The average Bonchev–Trinajstić information content (AvgIpc) is 2.68. The second-order valence-electron chi connectivity index (χ2n) is 5.90. The van der Waals surface area contributed by atoms with Gasteiger partial charge in [-0.2, -0.15) is 5.26 Å². The van der Waals surface area contributed by atoms with Crippen LogP contribution in [0.3, 0.4) is 0 Å². The first-order valence-electron chi connectivity index (χ1n) is 8.57. The van der Waals surface area contributed by atoms with E-state index in [4.69, 9.17) is 0 Å². The zero-order valence-electron chi connectivity index (χ0n) is 15.1. The SMILES string of the molecule is CC#CC(=O)Nc1ccc2ncc(C#N)c(Nc3cccc(CC)c3)c2c1. The van der Waals surface area contributed by atoms with Crippen LogP contribution in [0.15, 0.2) is 48.7 Å². The van der Waals surface area contributed by atoms with Crippen LogP contribution in [-0.2, 0) is 11.2 Å². The number of amides is 1. The van der Waals surface area contributed by atoms with Crippen molar-refractivity contribution in [3.05, 3.63) is 59.8 Å². The molecule has 0 aliphatic carbocycles. The van der Waals surface area contributed by atoms with E-state index in [0.29, 0.717) is 16.9 Å². The number of hydrogen-bond donors (Lipinski definition) is 2. The van der Waals surface area contributed by atoms with Crippen LogP contribution in [0.4, 0.5) is 17.1 Å². The molecule has 0 spiro atoms. The normalized spacial score (nSPS) is 9.81. The lowest BCUT2D eigenvalue weighted by Crippen LogP contribution is -2.08. The number of nitrogens with one attached hydrogen (secondary N) is 2. The van der Waals surface area contributed by atoms with E-state index in [1.165, 1.54) is 5.56 Å². The van der Waals surface area contributed by atoms with Gasteiger partial charge in [0.05, 0.1) is 16.8 Å². The molecule has 0 saturated carbocycles. The number of nitriles is 1. The maximum atomic E-state index is 11.7. The fourth-order valence-electron chi connectivity index (χ4n) is 2.78. The smallest absolute Gasteiger partial charge is 0.300 e. The monoisotopic (exact) mass is 354 g/mol. The molecule has 0 fully saturated rings. The van der Waals surface area contributed by atoms with Gasteiger partial charge in [-0.15, -0.1) is 0 Å². The predicted molar refractivity (Wildman–Crippen MR) is 108 cm³/mol. The summed E-state index contributed by atoms with van der Waals surface area (Å²) in [6.45, 7) is 3.70. The van der Waals surface area contributed by atoms with E-state index >= 15 is 0 Å². The third kappa shape index (κ3) is 4.05. The summed E-state index contributed by atoms with van der Waals surface area (Å²) < 4.78 is 0. The molecule has 2 aromatic carbocycles. The third-order valence-corrected chi connectivity index (χ3v) is 4.09. The van der Waals surface area contributed by atoms with Crippen LogP contribution in [0.25, 0.3) is 10.9 Å². The van der Waals surface area contributed by atoms with E-state index < -0.39 is 0 Å². The van der Waals surface area contributed by atoms with Gasteiger partial charge >= 0.3 is 0 Å². The van der Waals surface area contributed by atoms with Crippen molar-refractivity contribution in [3.63, 3.8) is 0 Å². The Labute approximate surface area is 158 Å². The predicted octanol–water partition coefficient (Wildman–Crippen LogP) is 4.37. The molecule has 27 heavy (non-hydrogen) atoms. The molecule has 0 atom stereocenters. The van der Waals surface area contributed by atoms with Gasteiger partial charge in [0.25, 0.3) is 5.91 Å². The molecule has 0 saturated heterocycles. The minimum absolute atomic E-state index is 0.383. The number of anilines is 3. The van der Waals surface area contributed by atoms with Gasteiger partial charge in [0, 0.05) is 23.0 Å². The topological polar surface area (TPSA) is 77.8 Å². The van der Waals surface area contributed by atoms with Crippen molar-refractivity contribution in [1.29, 1.82) is 5.26 Å². The Morgan fingerprint density at radius 2 is 2.04 bits per heavy atom. The number of nitrogens with zero attached hydrogens (tertiary/aromatic N) is 2. The number of carbonyl (C=O) groups excluding carboxylic acids is 1. The highest BCUT2D eigenvalue weighted by Crippen LogP contribution is 2.31. The van der Waals surface area contributed by atoms with Gasteiger partial charge in [0.15, 0.2) is 0 Å². The minimum Gasteiger partial charge on any atom is -0.354 e. The summed E-state index contributed by atoms with van der Waals surface area (Å²) in [5.74, 6) is 4.63. The molecule has 0 bridgehead atoms. The van der Waals surface area contributed by atoms with Crippen molar-refractivity contribution in [2.75, 3.05) is 10.6 Å². The number of aromatic nitrogens is 1. The second-order valence-corrected chi connectivity index (χ2v) is 5.90. The highest BCUT2D eigenvalue weighted by Gasteiger charge is 2.11. The number of carbonyl (C=O) groups is 1. The third-order valence-electron chi connectivity index (χ3n) is 4.09. The second kappa shape index (κ2) is 8.03. The van der Waals surface area contributed by atoms with E-state index in [2.05, 4.69) is 52.6 Å². The van der Waals surface area contributed by atoms with Crippen molar-refractivity contribution < 1.29 is 4.79 Å². The largest absolute Gasteiger partial charge is 0.354 e. The van der Waals surface area contributed by atoms with E-state index in [-0.39, 0.29) is 5.91 Å². The molecule has 1 aromatic heterocycles. The molecular weight excluding hydrogens is 336 g/mol. The summed E-state index contributed by atoms with van der Waals surface area (Å²) in [5, 5.41) is 16.3. The Kier molecular flexibility index (Phi) is 5.35. The zero-order valence-corrected chi connectivity index (χ0v) is 15.1. The van der Waals surface area contributed by atoms with Crippen LogP contribution in [0.1, 0.15) is 25.0 Å². The standard InChI is InChI=1S/C22H18N4O/c1-3-6-21(27)25-18-9-10-20-19(12-18)22(16(13-23)14-24-20)26-17-8-5-7-15(4-2)11-17/h5,7-12,14H,4H2,1-2H3,(H,24,26)(H,25,27). The number of rotatable bonds is 4. The van der Waals surface area contributed by atoms with E-state index in [0.717, 1.165) is 23.0 Å². The Bertz CT molecular complexity index is 1120. The Morgan fingerprint density at radius 1 is 1.19 bits per heavy atom. The number of hydrogen-bond acceptors (Lipinski definition) is 4. The molecule has 0 aliphatic rings. The van der Waals surface area contributed by atoms with Gasteiger partial charge in [-0.05, 0) is 55.2 Å². The number of fused-ring (bicyclic) bond motifs is 1. The average molecular weight is 354 g/mol.